The maximum absolute atomic E-state index is 12.5. The summed E-state index contributed by atoms with van der Waals surface area (Å²) in [6, 6.07) is 7.09. The van der Waals surface area contributed by atoms with Crippen LogP contribution in [0.1, 0.15) is 48.5 Å². The van der Waals surface area contributed by atoms with Crippen molar-refractivity contribution in [3.63, 3.8) is 0 Å². The lowest BCUT2D eigenvalue weighted by Crippen LogP contribution is -2.61. The van der Waals surface area contributed by atoms with Crippen LogP contribution in [-0.4, -0.2) is 54.0 Å². The van der Waals surface area contributed by atoms with Gasteiger partial charge in [-0.3, -0.25) is 9.59 Å². The summed E-state index contributed by atoms with van der Waals surface area (Å²) < 4.78 is 17.3. The first-order valence-electron chi connectivity index (χ1n) is 12.8. The highest BCUT2D eigenvalue weighted by Gasteiger charge is 2.53. The molecule has 3 aliphatic rings. The Hall–Kier alpha value is -3.67. The minimum absolute atomic E-state index is 0.0219. The molecular weight excluding hydrogens is 488 g/mol. The number of hydrogen-bond acceptors (Lipinski definition) is 9. The van der Waals surface area contributed by atoms with E-state index in [4.69, 9.17) is 25.8 Å². The first kappa shape index (κ1) is 26.0. The van der Waals surface area contributed by atoms with E-state index in [9.17, 15) is 9.59 Å². The number of carbonyl (C=O) groups excluding carboxylic acids is 2. The van der Waals surface area contributed by atoms with Gasteiger partial charge in [-0.25, -0.2) is 10.8 Å². The van der Waals surface area contributed by atoms with Crippen molar-refractivity contribution < 1.29 is 23.8 Å². The van der Waals surface area contributed by atoms with Crippen LogP contribution in [-0.2, 0) is 14.3 Å². The van der Waals surface area contributed by atoms with Crippen LogP contribution in [0, 0.1) is 11.8 Å². The standard InChI is InChI=1S/C27H34N6O5/c1-16-12-18(13-16)26(35)32-23-14-21(19(15-30-23)25(28)34)31-20-5-3-4-17(24(20)36-2)7-9-33(29)22-6-8-27(22)37-10-11-38-27/h3-5,7,9,14-16,18,22H,6,8,10-13,29H2,1-2H3,(H2,28,34)(H2,30,31,32,35)/b9-7+. The summed E-state index contributed by atoms with van der Waals surface area (Å²) in [6.07, 6.45) is 8.38. The van der Waals surface area contributed by atoms with Crippen molar-refractivity contribution in [2.45, 2.75) is 44.4 Å². The predicted octanol–water partition coefficient (Wildman–Crippen LogP) is 2.97. The summed E-state index contributed by atoms with van der Waals surface area (Å²) in [6.45, 7) is 3.27. The Labute approximate surface area is 221 Å². The number of nitrogens with one attached hydrogen (secondary N) is 2. The van der Waals surface area contributed by atoms with Crippen molar-refractivity contribution in [2.24, 2.45) is 23.4 Å². The molecule has 2 aliphatic carbocycles. The number of hydrazine groups is 1. The number of nitrogens with zero attached hydrogens (tertiary/aromatic N) is 2. The van der Waals surface area contributed by atoms with Gasteiger partial charge in [0.05, 0.1) is 43.3 Å². The Kier molecular flexibility index (Phi) is 7.24. The summed E-state index contributed by atoms with van der Waals surface area (Å²) in [4.78, 5) is 28.9. The second kappa shape index (κ2) is 10.6. The molecule has 1 atom stereocenters. The lowest BCUT2D eigenvalue weighted by Gasteiger charge is -2.47. The minimum atomic E-state index is -0.648. The SMILES string of the molecule is COc1c(/C=C/N(N)C2CCC23OCCO3)cccc1Nc1cc(NC(=O)C2CC(C)C2)ncc1C(N)=O. The molecule has 2 heterocycles. The number of amides is 2. The van der Waals surface area contributed by atoms with E-state index >= 15 is 0 Å². The fourth-order valence-corrected chi connectivity index (χ4v) is 5.29. The van der Waals surface area contributed by atoms with Crippen LogP contribution in [0.2, 0.25) is 0 Å². The van der Waals surface area contributed by atoms with E-state index in [0.717, 1.165) is 31.2 Å². The van der Waals surface area contributed by atoms with Gasteiger partial charge in [0.25, 0.3) is 5.91 Å². The highest BCUT2D eigenvalue weighted by Crippen LogP contribution is 2.42. The topological polar surface area (TPSA) is 154 Å². The van der Waals surface area contributed by atoms with Gasteiger partial charge >= 0.3 is 0 Å². The van der Waals surface area contributed by atoms with Gasteiger partial charge in [-0.2, -0.15) is 0 Å². The highest BCUT2D eigenvalue weighted by molar-refractivity contribution is 6.00. The van der Waals surface area contributed by atoms with Crippen LogP contribution >= 0.6 is 0 Å². The molecule has 0 bridgehead atoms. The van der Waals surface area contributed by atoms with Crippen LogP contribution in [0.25, 0.3) is 6.08 Å². The molecule has 2 aromatic rings. The maximum Gasteiger partial charge on any atom is 0.252 e. The molecule has 0 radical (unpaired) electrons. The van der Waals surface area contributed by atoms with Gasteiger partial charge in [-0.05, 0) is 37.3 Å². The van der Waals surface area contributed by atoms with Crippen LogP contribution in [0.15, 0.2) is 36.7 Å². The second-order valence-electron chi connectivity index (χ2n) is 10.1. The fraction of sp³-hybridized carbons (Fsp3) is 0.444. The fourth-order valence-electron chi connectivity index (χ4n) is 5.29. The van der Waals surface area contributed by atoms with Gasteiger partial charge in [0.2, 0.25) is 5.91 Å². The van der Waals surface area contributed by atoms with Gasteiger partial charge in [-0.15, -0.1) is 0 Å². The normalized spacial score (nSPS) is 23.5. The molecule has 3 fully saturated rings. The third kappa shape index (κ3) is 5.04. The molecule has 5 rings (SSSR count). The zero-order valence-electron chi connectivity index (χ0n) is 21.6. The monoisotopic (exact) mass is 522 g/mol. The Morgan fingerprint density at radius 3 is 2.63 bits per heavy atom. The largest absolute Gasteiger partial charge is 0.494 e. The van der Waals surface area contributed by atoms with Gasteiger partial charge in [0, 0.05) is 36.4 Å². The maximum atomic E-state index is 12.5. The van der Waals surface area contributed by atoms with E-state index in [1.54, 1.807) is 24.4 Å². The number of ether oxygens (including phenoxy) is 3. The van der Waals surface area contributed by atoms with Gasteiger partial charge in [0.15, 0.2) is 5.79 Å². The number of methoxy groups -OCH3 is 1. The summed E-state index contributed by atoms with van der Waals surface area (Å²) >= 11 is 0. The third-order valence-corrected chi connectivity index (χ3v) is 7.52. The van der Waals surface area contributed by atoms with E-state index < -0.39 is 11.7 Å². The zero-order valence-corrected chi connectivity index (χ0v) is 21.6. The summed E-state index contributed by atoms with van der Waals surface area (Å²) in [5.74, 6) is 6.38. The number of benzene rings is 1. The van der Waals surface area contributed by atoms with Crippen molar-refractivity contribution in [1.29, 1.82) is 0 Å². The smallest absolute Gasteiger partial charge is 0.252 e. The number of rotatable bonds is 9. The average molecular weight is 523 g/mol. The molecule has 11 heteroatoms. The first-order chi connectivity index (χ1) is 18.3. The Morgan fingerprint density at radius 2 is 2.00 bits per heavy atom. The number of anilines is 3. The third-order valence-electron chi connectivity index (χ3n) is 7.52. The minimum Gasteiger partial charge on any atom is -0.494 e. The van der Waals surface area contributed by atoms with E-state index in [0.29, 0.717) is 42.1 Å². The molecule has 2 amide bonds. The number of carbonyl (C=O) groups is 2. The molecule has 1 aliphatic heterocycles. The Morgan fingerprint density at radius 1 is 1.24 bits per heavy atom. The Balaban J connectivity index is 1.35. The molecule has 1 aromatic carbocycles. The number of primary amides is 1. The lowest BCUT2D eigenvalue weighted by molar-refractivity contribution is -0.247. The van der Waals surface area contributed by atoms with Crippen molar-refractivity contribution in [3.8, 4) is 5.75 Å². The first-order valence-corrected chi connectivity index (χ1v) is 12.8. The molecule has 38 heavy (non-hydrogen) atoms. The van der Waals surface area contributed by atoms with Gasteiger partial charge in [-0.1, -0.05) is 19.1 Å². The van der Waals surface area contributed by atoms with Crippen molar-refractivity contribution in [2.75, 3.05) is 31.0 Å². The predicted molar refractivity (Wildman–Crippen MR) is 142 cm³/mol. The van der Waals surface area contributed by atoms with Crippen molar-refractivity contribution >= 4 is 35.1 Å². The second-order valence-corrected chi connectivity index (χ2v) is 10.1. The number of nitrogens with two attached hydrogens (primary N) is 2. The molecular formula is C27H34N6O5. The molecule has 1 spiro atoms. The zero-order chi connectivity index (χ0) is 26.9. The van der Waals surface area contributed by atoms with Gasteiger partial charge < -0.3 is 35.6 Å². The van der Waals surface area contributed by atoms with Crippen LogP contribution in [0.3, 0.4) is 0 Å². The molecule has 1 unspecified atom stereocenters. The number of hydrogen-bond donors (Lipinski definition) is 4. The van der Waals surface area contributed by atoms with Crippen LogP contribution in [0.4, 0.5) is 17.2 Å². The Bertz CT molecular complexity index is 1240. The van der Waals surface area contributed by atoms with Crippen LogP contribution < -0.4 is 26.9 Å². The molecule has 2 saturated carbocycles. The number of pyridine rings is 1. The van der Waals surface area contributed by atoms with Crippen LogP contribution in [0.5, 0.6) is 5.75 Å². The number of aromatic nitrogens is 1. The average Bonchev–Trinajstić information content (AvgIpc) is 3.37. The summed E-state index contributed by atoms with van der Waals surface area (Å²) in [7, 11) is 1.56. The molecule has 202 valence electrons. The highest BCUT2D eigenvalue weighted by atomic mass is 16.7. The summed E-state index contributed by atoms with van der Waals surface area (Å²) in [5.41, 5.74) is 7.54. The van der Waals surface area contributed by atoms with E-state index in [2.05, 4.69) is 22.5 Å². The lowest BCUT2D eigenvalue weighted by atomic mass is 9.76. The number of para-hydroxylation sites is 1. The van der Waals surface area contributed by atoms with Crippen molar-refractivity contribution in [1.82, 2.24) is 9.99 Å². The molecule has 1 saturated heterocycles. The molecule has 1 aromatic heterocycles. The molecule has 6 N–H and O–H groups in total. The quantitative estimate of drug-likeness (QED) is 0.287. The molecule has 11 nitrogen and oxygen atoms in total. The van der Waals surface area contributed by atoms with E-state index in [1.807, 2.05) is 24.3 Å². The van der Waals surface area contributed by atoms with Crippen molar-refractivity contribution in [3.05, 3.63) is 47.8 Å². The van der Waals surface area contributed by atoms with E-state index in [-0.39, 0.29) is 23.4 Å². The van der Waals surface area contributed by atoms with Gasteiger partial charge in [0.1, 0.15) is 11.6 Å². The van der Waals surface area contributed by atoms with E-state index in [1.165, 1.54) is 6.20 Å². The summed E-state index contributed by atoms with van der Waals surface area (Å²) in [5, 5.41) is 7.69.